The second-order valence-electron chi connectivity index (χ2n) is 4.99. The van der Waals surface area contributed by atoms with Gasteiger partial charge >= 0.3 is 0 Å². The zero-order valence-corrected chi connectivity index (χ0v) is 12.8. The third kappa shape index (κ3) is 4.02. The summed E-state index contributed by atoms with van der Waals surface area (Å²) >= 11 is 0. The van der Waals surface area contributed by atoms with Gasteiger partial charge in [-0.3, -0.25) is 4.68 Å². The normalized spacial score (nSPS) is 15.9. The maximum absolute atomic E-state index is 12.2. The number of nitrogens with one attached hydrogen (secondary N) is 1. The number of likely N-dealkylation sites (N-methyl/N-ethyl adjacent to an activating group) is 1. The van der Waals surface area contributed by atoms with Gasteiger partial charge in [0.15, 0.2) is 0 Å². The van der Waals surface area contributed by atoms with E-state index in [0.717, 1.165) is 6.54 Å². The quantitative estimate of drug-likeness (QED) is 0.689. The molecule has 0 atom stereocenters. The summed E-state index contributed by atoms with van der Waals surface area (Å²) in [6.45, 7) is 2.18. The van der Waals surface area contributed by atoms with Crippen molar-refractivity contribution in [1.29, 1.82) is 0 Å². The van der Waals surface area contributed by atoms with Gasteiger partial charge in [-0.2, -0.15) is 9.40 Å². The molecule has 1 aliphatic rings. The highest BCUT2D eigenvalue weighted by molar-refractivity contribution is 7.89. The lowest BCUT2D eigenvalue weighted by atomic mass is 10.6. The SMILES string of the molecule is COCCN(C)S(=O)(=O)c1cnn(CCNC2CC2)c1. The Hall–Kier alpha value is -0.960. The van der Waals surface area contributed by atoms with E-state index in [9.17, 15) is 8.42 Å². The molecule has 20 heavy (non-hydrogen) atoms. The van der Waals surface area contributed by atoms with Gasteiger partial charge in [0.25, 0.3) is 0 Å². The lowest BCUT2D eigenvalue weighted by Gasteiger charge is -2.15. The number of ether oxygens (including phenoxy) is 1. The van der Waals surface area contributed by atoms with E-state index in [1.807, 2.05) is 0 Å². The van der Waals surface area contributed by atoms with Crippen LogP contribution in [0.25, 0.3) is 0 Å². The molecule has 0 aliphatic heterocycles. The predicted octanol–water partition coefficient (Wildman–Crippen LogP) is -0.0980. The summed E-state index contributed by atoms with van der Waals surface area (Å²) in [6.07, 6.45) is 5.45. The van der Waals surface area contributed by atoms with Crippen molar-refractivity contribution in [2.45, 2.75) is 30.3 Å². The van der Waals surface area contributed by atoms with Gasteiger partial charge < -0.3 is 10.1 Å². The van der Waals surface area contributed by atoms with Crippen LogP contribution in [0.5, 0.6) is 0 Å². The highest BCUT2D eigenvalue weighted by atomic mass is 32.2. The first-order valence-electron chi connectivity index (χ1n) is 6.75. The van der Waals surface area contributed by atoms with Crippen LogP contribution in [-0.4, -0.2) is 62.4 Å². The number of hydrogen-bond acceptors (Lipinski definition) is 5. The molecule has 0 aromatic carbocycles. The average molecular weight is 302 g/mol. The number of hydrogen-bond donors (Lipinski definition) is 1. The monoisotopic (exact) mass is 302 g/mol. The molecule has 7 nitrogen and oxygen atoms in total. The fourth-order valence-electron chi connectivity index (χ4n) is 1.79. The Balaban J connectivity index is 1.91. The molecule has 1 heterocycles. The molecule has 8 heteroatoms. The van der Waals surface area contributed by atoms with Crippen LogP contribution in [-0.2, 0) is 21.3 Å². The van der Waals surface area contributed by atoms with E-state index in [4.69, 9.17) is 4.74 Å². The fraction of sp³-hybridized carbons (Fsp3) is 0.750. The molecule has 114 valence electrons. The summed E-state index contributed by atoms with van der Waals surface area (Å²) in [5.41, 5.74) is 0. The van der Waals surface area contributed by atoms with E-state index in [1.165, 1.54) is 23.3 Å². The van der Waals surface area contributed by atoms with Crippen molar-refractivity contribution >= 4 is 10.0 Å². The van der Waals surface area contributed by atoms with Gasteiger partial charge in [-0.15, -0.1) is 0 Å². The van der Waals surface area contributed by atoms with Gasteiger partial charge in [-0.05, 0) is 12.8 Å². The Morgan fingerprint density at radius 3 is 2.95 bits per heavy atom. The van der Waals surface area contributed by atoms with Gasteiger partial charge in [-0.1, -0.05) is 0 Å². The van der Waals surface area contributed by atoms with Gasteiger partial charge in [0.2, 0.25) is 10.0 Å². The maximum atomic E-state index is 12.2. The fourth-order valence-corrected chi connectivity index (χ4v) is 2.90. The van der Waals surface area contributed by atoms with Crippen molar-refractivity contribution in [2.75, 3.05) is 33.9 Å². The first-order chi connectivity index (χ1) is 9.54. The first kappa shape index (κ1) is 15.4. The Morgan fingerprint density at radius 2 is 2.30 bits per heavy atom. The van der Waals surface area contributed by atoms with Crippen LogP contribution in [0.15, 0.2) is 17.3 Å². The van der Waals surface area contributed by atoms with Crippen LogP contribution >= 0.6 is 0 Å². The van der Waals surface area contributed by atoms with E-state index < -0.39 is 10.0 Å². The lowest BCUT2D eigenvalue weighted by molar-refractivity contribution is 0.185. The number of methoxy groups -OCH3 is 1. The molecule has 1 fully saturated rings. The number of sulfonamides is 1. The minimum Gasteiger partial charge on any atom is -0.383 e. The highest BCUT2D eigenvalue weighted by Gasteiger charge is 2.23. The van der Waals surface area contributed by atoms with Crippen molar-refractivity contribution < 1.29 is 13.2 Å². The van der Waals surface area contributed by atoms with E-state index in [0.29, 0.717) is 25.7 Å². The minimum absolute atomic E-state index is 0.225. The molecule has 1 aromatic rings. The zero-order valence-electron chi connectivity index (χ0n) is 11.9. The molecule has 1 aliphatic carbocycles. The molecule has 0 radical (unpaired) electrons. The van der Waals surface area contributed by atoms with Crippen molar-refractivity contribution in [1.82, 2.24) is 19.4 Å². The van der Waals surface area contributed by atoms with Crippen molar-refractivity contribution in [3.05, 3.63) is 12.4 Å². The average Bonchev–Trinajstić information content (AvgIpc) is 3.11. The summed E-state index contributed by atoms with van der Waals surface area (Å²) in [7, 11) is -0.381. The van der Waals surface area contributed by atoms with Gasteiger partial charge in [0, 0.05) is 39.5 Å². The van der Waals surface area contributed by atoms with Crippen molar-refractivity contribution in [3.63, 3.8) is 0 Å². The Bertz CT molecular complexity index is 525. The number of nitrogens with zero attached hydrogens (tertiary/aromatic N) is 3. The molecule has 1 aromatic heterocycles. The molecule has 0 unspecified atom stereocenters. The smallest absolute Gasteiger partial charge is 0.246 e. The molecule has 0 bridgehead atoms. The Labute approximate surface area is 120 Å². The van der Waals surface area contributed by atoms with Crippen LogP contribution in [0.4, 0.5) is 0 Å². The molecule has 0 spiro atoms. The molecule has 0 amide bonds. The maximum Gasteiger partial charge on any atom is 0.246 e. The van der Waals surface area contributed by atoms with Gasteiger partial charge in [0.1, 0.15) is 4.90 Å². The largest absolute Gasteiger partial charge is 0.383 e. The standard InChI is InChI=1S/C12H22N4O3S/c1-15(7-8-19-2)20(17,18)12-9-14-16(10-12)6-5-13-11-3-4-11/h9-11,13H,3-8H2,1-2H3. The van der Waals surface area contributed by atoms with Crippen LogP contribution in [0.3, 0.4) is 0 Å². The summed E-state index contributed by atoms with van der Waals surface area (Å²) in [6, 6.07) is 0.647. The van der Waals surface area contributed by atoms with Crippen LogP contribution in [0.2, 0.25) is 0 Å². The predicted molar refractivity (Wildman–Crippen MR) is 74.9 cm³/mol. The molecule has 0 saturated heterocycles. The van der Waals surface area contributed by atoms with Crippen molar-refractivity contribution in [3.8, 4) is 0 Å². The van der Waals surface area contributed by atoms with E-state index in [-0.39, 0.29) is 4.90 Å². The zero-order chi connectivity index (χ0) is 14.6. The summed E-state index contributed by atoms with van der Waals surface area (Å²) in [5.74, 6) is 0. The van der Waals surface area contributed by atoms with Crippen molar-refractivity contribution in [2.24, 2.45) is 0 Å². The topological polar surface area (TPSA) is 76.5 Å². The summed E-state index contributed by atoms with van der Waals surface area (Å²) in [5, 5.41) is 7.47. The van der Waals surface area contributed by atoms with Crippen LogP contribution in [0, 0.1) is 0 Å². The van der Waals surface area contributed by atoms with E-state index >= 15 is 0 Å². The van der Waals surface area contributed by atoms with Crippen LogP contribution in [0.1, 0.15) is 12.8 Å². The second kappa shape index (κ2) is 6.66. The van der Waals surface area contributed by atoms with Crippen LogP contribution < -0.4 is 5.32 Å². The molecular formula is C12H22N4O3S. The Morgan fingerprint density at radius 1 is 1.55 bits per heavy atom. The minimum atomic E-state index is -3.47. The Kier molecular flexibility index (Phi) is 5.14. The number of aromatic nitrogens is 2. The second-order valence-corrected chi connectivity index (χ2v) is 7.03. The summed E-state index contributed by atoms with van der Waals surface area (Å²) < 4.78 is 32.3. The number of rotatable bonds is 9. The lowest BCUT2D eigenvalue weighted by Crippen LogP contribution is -2.29. The van der Waals surface area contributed by atoms with Gasteiger partial charge in [0.05, 0.1) is 19.3 Å². The molecular weight excluding hydrogens is 280 g/mol. The molecule has 2 rings (SSSR count). The third-order valence-corrected chi connectivity index (χ3v) is 5.09. The van der Waals surface area contributed by atoms with Gasteiger partial charge in [-0.25, -0.2) is 8.42 Å². The third-order valence-electron chi connectivity index (χ3n) is 3.28. The molecule has 1 saturated carbocycles. The first-order valence-corrected chi connectivity index (χ1v) is 8.19. The highest BCUT2D eigenvalue weighted by Crippen LogP contribution is 2.18. The summed E-state index contributed by atoms with van der Waals surface area (Å²) in [4.78, 5) is 0.225. The molecule has 1 N–H and O–H groups in total. The van der Waals surface area contributed by atoms with E-state index in [1.54, 1.807) is 25.0 Å². The van der Waals surface area contributed by atoms with E-state index in [2.05, 4.69) is 10.4 Å².